The molecule has 0 fully saturated rings. The normalized spacial score (nSPS) is 10.6. The lowest BCUT2D eigenvalue weighted by Gasteiger charge is -2.18. The second kappa shape index (κ2) is 7.32. The largest absolute Gasteiger partial charge is 0.397 e. The molecule has 0 aliphatic rings. The summed E-state index contributed by atoms with van der Waals surface area (Å²) in [7, 11) is 0. The van der Waals surface area contributed by atoms with Crippen LogP contribution in [-0.2, 0) is 4.79 Å². The molecular weight excluding hydrogens is 364 g/mol. The number of amides is 1. The maximum atomic E-state index is 13.0. The van der Waals surface area contributed by atoms with Crippen LogP contribution in [-0.4, -0.2) is 5.91 Å². The Balaban J connectivity index is 1.95. The van der Waals surface area contributed by atoms with Crippen LogP contribution in [0.25, 0.3) is 0 Å². The van der Waals surface area contributed by atoms with Crippen LogP contribution < -0.4 is 11.1 Å². The summed E-state index contributed by atoms with van der Waals surface area (Å²) in [5, 5.41) is 2.95. The zero-order valence-corrected chi connectivity index (χ0v) is 14.5. The van der Waals surface area contributed by atoms with Crippen molar-refractivity contribution in [1.82, 2.24) is 0 Å². The minimum Gasteiger partial charge on any atom is -0.397 e. The van der Waals surface area contributed by atoms with Crippen molar-refractivity contribution in [3.63, 3.8) is 0 Å². The van der Waals surface area contributed by atoms with Gasteiger partial charge in [0.25, 0.3) is 0 Å². The van der Waals surface area contributed by atoms with Crippen molar-refractivity contribution in [2.24, 2.45) is 0 Å². The number of halogens is 1. The van der Waals surface area contributed by atoms with Gasteiger partial charge in [-0.15, -0.1) is 0 Å². The van der Waals surface area contributed by atoms with Gasteiger partial charge in [0, 0.05) is 4.47 Å². The van der Waals surface area contributed by atoms with Gasteiger partial charge in [-0.1, -0.05) is 76.6 Å². The second-order valence-electron chi connectivity index (χ2n) is 5.48. The van der Waals surface area contributed by atoms with Gasteiger partial charge < -0.3 is 11.1 Å². The summed E-state index contributed by atoms with van der Waals surface area (Å²) in [5.41, 5.74) is 9.02. The van der Waals surface area contributed by atoms with E-state index in [0.717, 1.165) is 15.6 Å². The number of nitrogens with two attached hydrogens (primary N) is 1. The van der Waals surface area contributed by atoms with E-state index in [9.17, 15) is 4.79 Å². The minimum atomic E-state index is -0.393. The van der Waals surface area contributed by atoms with Crippen molar-refractivity contribution in [3.8, 4) is 0 Å². The lowest BCUT2D eigenvalue weighted by molar-refractivity contribution is -0.116. The third kappa shape index (κ3) is 3.66. The van der Waals surface area contributed by atoms with Gasteiger partial charge in [0.1, 0.15) is 0 Å². The zero-order chi connectivity index (χ0) is 16.9. The smallest absolute Gasteiger partial charge is 0.236 e. The highest BCUT2D eigenvalue weighted by Crippen LogP contribution is 2.28. The third-order valence-corrected chi connectivity index (χ3v) is 4.29. The number of rotatable bonds is 4. The van der Waals surface area contributed by atoms with Crippen molar-refractivity contribution in [2.45, 2.75) is 5.92 Å². The van der Waals surface area contributed by atoms with Crippen molar-refractivity contribution in [1.29, 1.82) is 0 Å². The van der Waals surface area contributed by atoms with E-state index in [1.165, 1.54) is 0 Å². The average molecular weight is 381 g/mol. The van der Waals surface area contributed by atoms with Crippen LogP contribution in [0.4, 0.5) is 11.4 Å². The Morgan fingerprint density at radius 2 is 1.42 bits per heavy atom. The molecule has 4 heteroatoms. The SMILES string of the molecule is Nc1cc(Br)ccc1NC(=O)C(c1ccccc1)c1ccccc1. The van der Waals surface area contributed by atoms with Crippen LogP contribution in [0.15, 0.2) is 83.3 Å². The van der Waals surface area contributed by atoms with Gasteiger partial charge in [-0.3, -0.25) is 4.79 Å². The Morgan fingerprint density at radius 1 is 0.875 bits per heavy atom. The van der Waals surface area contributed by atoms with E-state index < -0.39 is 5.92 Å². The Hall–Kier alpha value is -2.59. The van der Waals surface area contributed by atoms with Gasteiger partial charge in [0.15, 0.2) is 0 Å². The number of benzene rings is 3. The fourth-order valence-electron chi connectivity index (χ4n) is 2.64. The third-order valence-electron chi connectivity index (χ3n) is 3.80. The molecule has 0 aromatic heterocycles. The van der Waals surface area contributed by atoms with E-state index in [0.29, 0.717) is 11.4 Å². The molecule has 24 heavy (non-hydrogen) atoms. The molecule has 0 saturated heterocycles. The second-order valence-corrected chi connectivity index (χ2v) is 6.39. The monoisotopic (exact) mass is 380 g/mol. The number of carbonyl (C=O) groups is 1. The van der Waals surface area contributed by atoms with Gasteiger partial charge in [-0.2, -0.15) is 0 Å². The fourth-order valence-corrected chi connectivity index (χ4v) is 3.02. The molecular formula is C20H17BrN2O. The highest BCUT2D eigenvalue weighted by atomic mass is 79.9. The van der Waals surface area contributed by atoms with E-state index >= 15 is 0 Å². The number of hydrogen-bond acceptors (Lipinski definition) is 2. The van der Waals surface area contributed by atoms with Crippen LogP contribution in [0.3, 0.4) is 0 Å². The van der Waals surface area contributed by atoms with E-state index in [1.807, 2.05) is 66.7 Å². The highest BCUT2D eigenvalue weighted by Gasteiger charge is 2.23. The standard InChI is InChI=1S/C20H17BrN2O/c21-16-11-12-18(17(22)13-16)23-20(24)19(14-7-3-1-4-8-14)15-9-5-2-6-10-15/h1-13,19H,22H2,(H,23,24). The Bertz CT molecular complexity index is 795. The molecule has 0 atom stereocenters. The molecule has 3 rings (SSSR count). The zero-order valence-electron chi connectivity index (χ0n) is 12.9. The number of nitrogen functional groups attached to an aromatic ring is 1. The van der Waals surface area contributed by atoms with Gasteiger partial charge in [-0.05, 0) is 29.3 Å². The van der Waals surface area contributed by atoms with Crippen LogP contribution in [0.2, 0.25) is 0 Å². The summed E-state index contributed by atoms with van der Waals surface area (Å²) in [6.45, 7) is 0. The van der Waals surface area contributed by atoms with Crippen LogP contribution >= 0.6 is 15.9 Å². The quantitative estimate of drug-likeness (QED) is 0.638. The van der Waals surface area contributed by atoms with E-state index in [-0.39, 0.29) is 5.91 Å². The fraction of sp³-hybridized carbons (Fsp3) is 0.0500. The molecule has 0 aliphatic carbocycles. The van der Waals surface area contributed by atoms with Crippen LogP contribution in [0, 0.1) is 0 Å². The number of carbonyl (C=O) groups excluding carboxylic acids is 1. The summed E-state index contributed by atoms with van der Waals surface area (Å²) in [6, 6.07) is 24.9. The number of anilines is 2. The molecule has 0 aliphatic heterocycles. The Kier molecular flexibility index (Phi) is 4.96. The highest BCUT2D eigenvalue weighted by molar-refractivity contribution is 9.10. The van der Waals surface area contributed by atoms with Crippen LogP contribution in [0.5, 0.6) is 0 Å². The van der Waals surface area contributed by atoms with E-state index in [4.69, 9.17) is 5.73 Å². The summed E-state index contributed by atoms with van der Waals surface area (Å²) in [6.07, 6.45) is 0. The number of hydrogen-bond donors (Lipinski definition) is 2. The summed E-state index contributed by atoms with van der Waals surface area (Å²) in [4.78, 5) is 13.0. The van der Waals surface area contributed by atoms with E-state index in [2.05, 4.69) is 21.2 Å². The van der Waals surface area contributed by atoms with Gasteiger partial charge in [-0.25, -0.2) is 0 Å². The lowest BCUT2D eigenvalue weighted by Crippen LogP contribution is -2.22. The number of nitrogens with one attached hydrogen (secondary N) is 1. The first kappa shape index (κ1) is 16.3. The van der Waals surface area contributed by atoms with E-state index in [1.54, 1.807) is 12.1 Å². The first-order valence-electron chi connectivity index (χ1n) is 7.61. The summed E-state index contributed by atoms with van der Waals surface area (Å²) < 4.78 is 0.876. The predicted molar refractivity (Wildman–Crippen MR) is 102 cm³/mol. The molecule has 3 aromatic carbocycles. The Labute approximate surface area is 149 Å². The maximum Gasteiger partial charge on any atom is 0.236 e. The van der Waals surface area contributed by atoms with Crippen molar-refractivity contribution >= 4 is 33.2 Å². The first-order valence-corrected chi connectivity index (χ1v) is 8.40. The summed E-state index contributed by atoms with van der Waals surface area (Å²) >= 11 is 3.37. The first-order chi connectivity index (χ1) is 11.6. The van der Waals surface area contributed by atoms with Gasteiger partial charge in [0.2, 0.25) is 5.91 Å². The predicted octanol–water partition coefficient (Wildman–Crippen LogP) is 4.80. The topological polar surface area (TPSA) is 55.1 Å². The van der Waals surface area contributed by atoms with Crippen molar-refractivity contribution in [2.75, 3.05) is 11.1 Å². The molecule has 3 aromatic rings. The molecule has 3 nitrogen and oxygen atoms in total. The molecule has 0 saturated carbocycles. The van der Waals surface area contributed by atoms with Crippen molar-refractivity contribution < 1.29 is 4.79 Å². The van der Waals surface area contributed by atoms with Gasteiger partial charge >= 0.3 is 0 Å². The molecule has 3 N–H and O–H groups in total. The molecule has 0 unspecified atom stereocenters. The maximum absolute atomic E-state index is 13.0. The Morgan fingerprint density at radius 3 is 1.92 bits per heavy atom. The van der Waals surface area contributed by atoms with Crippen LogP contribution in [0.1, 0.15) is 17.0 Å². The average Bonchev–Trinajstić information content (AvgIpc) is 2.60. The molecule has 1 amide bonds. The molecule has 120 valence electrons. The minimum absolute atomic E-state index is 0.110. The molecule has 0 spiro atoms. The van der Waals surface area contributed by atoms with Crippen molar-refractivity contribution in [3.05, 3.63) is 94.5 Å². The molecule has 0 radical (unpaired) electrons. The molecule has 0 heterocycles. The molecule has 0 bridgehead atoms. The lowest BCUT2D eigenvalue weighted by atomic mass is 9.90. The van der Waals surface area contributed by atoms with Gasteiger partial charge in [0.05, 0.1) is 17.3 Å². The summed E-state index contributed by atoms with van der Waals surface area (Å²) in [5.74, 6) is -0.503.